The number of oxime groups is 1. The molecule has 2 aliphatic rings. The molecule has 0 radical (unpaired) electrons. The van der Waals surface area contributed by atoms with Crippen LogP contribution in [-0.2, 0) is 9.63 Å². The Morgan fingerprint density at radius 2 is 1.86 bits per heavy atom. The number of carboxylic acid groups (broad SMARTS) is 1. The summed E-state index contributed by atoms with van der Waals surface area (Å²) in [5, 5.41) is 14.2. The maximum atomic E-state index is 13.9. The third-order valence-corrected chi connectivity index (χ3v) is 7.60. The second-order valence-corrected chi connectivity index (χ2v) is 11.7. The van der Waals surface area contributed by atoms with E-state index < -0.39 is 5.97 Å². The van der Waals surface area contributed by atoms with Gasteiger partial charge in [-0.25, -0.2) is 4.79 Å². The minimum Gasteiger partial charge on any atom is -0.477 e. The molecule has 0 atom stereocenters. The van der Waals surface area contributed by atoms with Gasteiger partial charge >= 0.3 is 5.97 Å². The van der Waals surface area contributed by atoms with Gasteiger partial charge in [-0.1, -0.05) is 29.8 Å². The van der Waals surface area contributed by atoms with Gasteiger partial charge in [0, 0.05) is 17.4 Å². The summed E-state index contributed by atoms with van der Waals surface area (Å²) in [4.78, 5) is 33.9. The van der Waals surface area contributed by atoms with Gasteiger partial charge in [0.1, 0.15) is 4.88 Å². The first kappa shape index (κ1) is 26.8. The van der Waals surface area contributed by atoms with E-state index in [9.17, 15) is 14.7 Å². The molecule has 0 aromatic carbocycles. The lowest BCUT2D eigenvalue weighted by atomic mass is 9.81. The van der Waals surface area contributed by atoms with Crippen molar-refractivity contribution in [2.45, 2.75) is 85.1 Å². The lowest BCUT2D eigenvalue weighted by molar-refractivity contribution is -0.124. The first-order chi connectivity index (χ1) is 16.6. The minimum atomic E-state index is -1.02. The SMILES string of the molecule is C#CCON=C1CCC(N(C(=O)C2CCC(C)CC2)c2cc(C#CC(C)(C)C)sc2C(=O)O)CC1. The molecule has 0 bridgehead atoms. The normalized spacial score (nSPS) is 22.4. The molecule has 6 nitrogen and oxygen atoms in total. The number of thiophene rings is 1. The van der Waals surface area contributed by atoms with E-state index in [4.69, 9.17) is 11.3 Å². The molecule has 2 fully saturated rings. The number of amides is 1. The van der Waals surface area contributed by atoms with Gasteiger partial charge in [0.2, 0.25) is 5.91 Å². The van der Waals surface area contributed by atoms with Crippen LogP contribution >= 0.6 is 11.3 Å². The van der Waals surface area contributed by atoms with E-state index in [1.165, 1.54) is 0 Å². The number of hydrogen-bond donors (Lipinski definition) is 1. The standard InChI is InChI=1S/C28H36N2O4S/c1-6-17-34-29-21-11-13-22(14-12-21)30(26(31)20-9-7-19(2)8-10-20)24-18-23(15-16-28(3,4)5)35-25(24)27(32)33/h1,18-20,22H,7-14,17H2,2-5H3,(H,32,33). The fourth-order valence-electron chi connectivity index (χ4n) is 4.67. The first-order valence-corrected chi connectivity index (χ1v) is 13.2. The molecule has 0 unspecified atom stereocenters. The number of anilines is 1. The van der Waals surface area contributed by atoms with Crippen LogP contribution in [0, 0.1) is 41.4 Å². The zero-order valence-corrected chi connectivity index (χ0v) is 22.0. The van der Waals surface area contributed by atoms with E-state index in [-0.39, 0.29) is 34.8 Å². The molecule has 1 amide bonds. The Balaban J connectivity index is 1.94. The number of aromatic carboxylic acids is 1. The predicted molar refractivity (Wildman–Crippen MR) is 141 cm³/mol. The first-order valence-electron chi connectivity index (χ1n) is 12.4. The topological polar surface area (TPSA) is 79.2 Å². The summed E-state index contributed by atoms with van der Waals surface area (Å²) in [6.45, 7) is 8.40. The summed E-state index contributed by atoms with van der Waals surface area (Å²) in [6, 6.07) is 1.71. The highest BCUT2D eigenvalue weighted by Crippen LogP contribution is 2.38. The molecule has 2 saturated carbocycles. The van der Waals surface area contributed by atoms with Crippen LogP contribution in [0.15, 0.2) is 11.2 Å². The summed E-state index contributed by atoms with van der Waals surface area (Å²) in [7, 11) is 0. The molecular weight excluding hydrogens is 460 g/mol. The second kappa shape index (κ2) is 11.8. The largest absolute Gasteiger partial charge is 0.477 e. The number of carboxylic acids is 1. The summed E-state index contributed by atoms with van der Waals surface area (Å²) >= 11 is 1.15. The van der Waals surface area contributed by atoms with Crippen molar-refractivity contribution in [2.24, 2.45) is 22.4 Å². The van der Waals surface area contributed by atoms with Gasteiger partial charge in [0.15, 0.2) is 6.61 Å². The van der Waals surface area contributed by atoms with Gasteiger partial charge in [0.25, 0.3) is 0 Å². The van der Waals surface area contributed by atoms with Crippen molar-refractivity contribution < 1.29 is 19.5 Å². The molecule has 35 heavy (non-hydrogen) atoms. The maximum Gasteiger partial charge on any atom is 0.348 e. The molecule has 1 N–H and O–H groups in total. The third-order valence-electron chi connectivity index (χ3n) is 6.57. The monoisotopic (exact) mass is 496 g/mol. The van der Waals surface area contributed by atoms with Crippen LogP contribution in [0.4, 0.5) is 5.69 Å². The number of carbonyl (C=O) groups is 2. The summed E-state index contributed by atoms with van der Waals surface area (Å²) in [5.41, 5.74) is 1.21. The Kier molecular flexibility index (Phi) is 9.03. The maximum absolute atomic E-state index is 13.9. The quantitative estimate of drug-likeness (QED) is 0.300. The molecule has 1 heterocycles. The van der Waals surface area contributed by atoms with Gasteiger partial charge in [0.05, 0.1) is 16.3 Å². The zero-order valence-electron chi connectivity index (χ0n) is 21.2. The van der Waals surface area contributed by atoms with Gasteiger partial charge in [-0.15, -0.1) is 17.8 Å². The van der Waals surface area contributed by atoms with Crippen LogP contribution in [0.2, 0.25) is 0 Å². The minimum absolute atomic E-state index is 0.0431. The third kappa shape index (κ3) is 7.36. The highest BCUT2D eigenvalue weighted by molar-refractivity contribution is 7.15. The van der Waals surface area contributed by atoms with Crippen molar-refractivity contribution in [1.82, 2.24) is 0 Å². The molecule has 3 rings (SSSR count). The molecule has 0 aliphatic heterocycles. The lowest BCUT2D eigenvalue weighted by Gasteiger charge is -2.38. The molecule has 7 heteroatoms. The number of carbonyl (C=O) groups excluding carboxylic acids is 1. The van der Waals surface area contributed by atoms with Crippen LogP contribution in [0.3, 0.4) is 0 Å². The van der Waals surface area contributed by atoms with Crippen LogP contribution in [0.1, 0.15) is 93.6 Å². The van der Waals surface area contributed by atoms with E-state index >= 15 is 0 Å². The number of nitrogens with zero attached hydrogens (tertiary/aromatic N) is 2. The molecule has 1 aromatic rings. The average Bonchev–Trinajstić information content (AvgIpc) is 3.23. The van der Waals surface area contributed by atoms with Crippen LogP contribution in [0.5, 0.6) is 0 Å². The number of rotatable bonds is 6. The molecule has 0 saturated heterocycles. The highest BCUT2D eigenvalue weighted by Gasteiger charge is 2.37. The highest BCUT2D eigenvalue weighted by atomic mass is 32.1. The van der Waals surface area contributed by atoms with Crippen LogP contribution in [0.25, 0.3) is 0 Å². The van der Waals surface area contributed by atoms with Crippen molar-refractivity contribution in [2.75, 3.05) is 11.5 Å². The molecule has 188 valence electrons. The molecular formula is C28H36N2O4S. The summed E-state index contributed by atoms with van der Waals surface area (Å²) in [5.74, 6) is 8.28. The van der Waals surface area contributed by atoms with E-state index in [0.717, 1.165) is 42.7 Å². The Hall–Kier alpha value is -2.77. The van der Waals surface area contributed by atoms with E-state index in [0.29, 0.717) is 42.2 Å². The van der Waals surface area contributed by atoms with Gasteiger partial charge < -0.3 is 14.8 Å². The number of terminal acetylenes is 1. The average molecular weight is 497 g/mol. The number of hydrogen-bond acceptors (Lipinski definition) is 5. The Morgan fingerprint density at radius 1 is 1.20 bits per heavy atom. The molecule has 0 spiro atoms. The van der Waals surface area contributed by atoms with Gasteiger partial charge in [-0.2, -0.15) is 0 Å². The fourth-order valence-corrected chi connectivity index (χ4v) is 5.51. The fraction of sp³-hybridized carbons (Fsp3) is 0.607. The van der Waals surface area contributed by atoms with Crippen LogP contribution in [-0.4, -0.2) is 35.3 Å². The van der Waals surface area contributed by atoms with Crippen molar-refractivity contribution in [3.8, 4) is 24.2 Å². The Morgan fingerprint density at radius 3 is 2.43 bits per heavy atom. The Labute approximate surface area is 213 Å². The van der Waals surface area contributed by atoms with Crippen molar-refractivity contribution in [3.05, 3.63) is 15.8 Å². The summed E-state index contributed by atoms with van der Waals surface area (Å²) < 4.78 is 0. The van der Waals surface area contributed by atoms with Crippen molar-refractivity contribution in [1.29, 1.82) is 0 Å². The van der Waals surface area contributed by atoms with Crippen molar-refractivity contribution in [3.63, 3.8) is 0 Å². The summed E-state index contributed by atoms with van der Waals surface area (Å²) in [6.07, 6.45) is 11.7. The molecule has 1 aromatic heterocycles. The smallest absolute Gasteiger partial charge is 0.348 e. The Bertz CT molecular complexity index is 1050. The lowest BCUT2D eigenvalue weighted by Crippen LogP contribution is -2.46. The van der Waals surface area contributed by atoms with E-state index in [2.05, 4.69) is 29.8 Å². The predicted octanol–water partition coefficient (Wildman–Crippen LogP) is 5.95. The molecule has 2 aliphatic carbocycles. The van der Waals surface area contributed by atoms with E-state index in [1.807, 2.05) is 20.8 Å². The van der Waals surface area contributed by atoms with Crippen molar-refractivity contribution >= 4 is 34.6 Å². The van der Waals surface area contributed by atoms with Gasteiger partial charge in [-0.05, 0) is 84.1 Å². The second-order valence-electron chi connectivity index (χ2n) is 10.7. The van der Waals surface area contributed by atoms with E-state index in [1.54, 1.807) is 11.0 Å². The zero-order chi connectivity index (χ0) is 25.6. The van der Waals surface area contributed by atoms with Crippen LogP contribution < -0.4 is 4.90 Å². The van der Waals surface area contributed by atoms with Gasteiger partial charge in [-0.3, -0.25) is 4.79 Å².